The number of carboxylic acid groups (broad SMARTS) is 1. The first-order chi connectivity index (χ1) is 41.9. The first-order valence-electron chi connectivity index (χ1n) is 30.5. The van der Waals surface area contributed by atoms with Crippen LogP contribution in [0.2, 0.25) is 0 Å². The Labute approximate surface area is 507 Å². The lowest BCUT2D eigenvalue weighted by molar-refractivity contribution is -0.142. The summed E-state index contributed by atoms with van der Waals surface area (Å²) in [5.74, 6) is -6.29. The smallest absolute Gasteiger partial charge is 0.326 e. The molecular weight excluding hydrogens is 1110 g/mol. The zero-order valence-corrected chi connectivity index (χ0v) is 50.1. The van der Waals surface area contributed by atoms with E-state index in [2.05, 4.69) is 52.2 Å². The molecule has 0 bridgehead atoms. The number of carbonyl (C=O) groups is 8. The molecule has 0 radical (unpaired) electrons. The summed E-state index contributed by atoms with van der Waals surface area (Å²) in [6.07, 6.45) is 9.90. The van der Waals surface area contributed by atoms with Gasteiger partial charge < -0.3 is 85.9 Å². The van der Waals surface area contributed by atoms with Crippen molar-refractivity contribution in [1.29, 1.82) is 0 Å². The number of para-hydroxylation sites is 3. The summed E-state index contributed by atoms with van der Waals surface area (Å²) in [4.78, 5) is 124. The molecule has 21 N–H and O–H groups in total. The van der Waals surface area contributed by atoms with Crippen molar-refractivity contribution in [3.8, 4) is 0 Å². The molecule has 3 aromatic heterocycles. The van der Waals surface area contributed by atoms with E-state index in [1.807, 2.05) is 86.6 Å². The van der Waals surface area contributed by atoms with Gasteiger partial charge in [-0.15, -0.1) is 0 Å². The van der Waals surface area contributed by atoms with Crippen LogP contribution in [0.25, 0.3) is 32.7 Å². The lowest BCUT2D eigenvalue weighted by atomic mass is 9.99. The Morgan fingerprint density at radius 1 is 0.391 bits per heavy atom. The van der Waals surface area contributed by atoms with Gasteiger partial charge in [-0.3, -0.25) is 33.6 Å². The second-order valence-electron chi connectivity index (χ2n) is 22.8. The summed E-state index contributed by atoms with van der Waals surface area (Å²) in [5, 5.41) is 32.5. The van der Waals surface area contributed by atoms with E-state index in [9.17, 15) is 33.9 Å². The molecule has 0 spiro atoms. The summed E-state index contributed by atoms with van der Waals surface area (Å²) < 4.78 is 0. The molecule has 0 aliphatic heterocycles. The Kier molecular flexibility index (Phi) is 27.2. The highest BCUT2D eigenvalue weighted by Gasteiger charge is 2.36. The second-order valence-corrected chi connectivity index (χ2v) is 22.8. The highest BCUT2D eigenvalue weighted by atomic mass is 16.4. The van der Waals surface area contributed by atoms with Crippen molar-refractivity contribution in [2.45, 2.75) is 165 Å². The number of aromatic nitrogens is 3. The first-order valence-corrected chi connectivity index (χ1v) is 30.5. The number of aliphatic carboxylic acids is 1. The van der Waals surface area contributed by atoms with Crippen LogP contribution in [0.5, 0.6) is 0 Å². The minimum absolute atomic E-state index is 0.0494. The summed E-state index contributed by atoms with van der Waals surface area (Å²) >= 11 is 0. The third-order valence-electron chi connectivity index (χ3n) is 15.6. The largest absolute Gasteiger partial charge is 0.480 e. The summed E-state index contributed by atoms with van der Waals surface area (Å²) in [5.41, 5.74) is 33.8. The molecule has 24 heteroatoms. The molecule has 0 saturated carbocycles. The fourth-order valence-corrected chi connectivity index (χ4v) is 10.7. The fraction of sp³-hybridized carbons (Fsp3) is 0.492. The van der Waals surface area contributed by atoms with Crippen LogP contribution in [0, 0.1) is 5.92 Å². The van der Waals surface area contributed by atoms with Crippen molar-refractivity contribution in [1.82, 2.24) is 52.2 Å². The topological polar surface area (TPSA) is 418 Å². The molecule has 87 heavy (non-hydrogen) atoms. The number of carbonyl (C=O) groups excluding carboxylic acids is 7. The van der Waals surface area contributed by atoms with Crippen LogP contribution < -0.4 is 65.9 Å². The van der Waals surface area contributed by atoms with Crippen LogP contribution in [-0.4, -0.2) is 142 Å². The third-order valence-corrected chi connectivity index (χ3v) is 15.6. The molecule has 0 fully saturated rings. The molecule has 24 nitrogen and oxygen atoms in total. The van der Waals surface area contributed by atoms with Gasteiger partial charge in [-0.2, -0.15) is 0 Å². The average molecular weight is 1200 g/mol. The minimum atomic E-state index is -1.36. The Hall–Kier alpha value is -8.16. The number of aromatic amines is 3. The average Bonchev–Trinajstić information content (AvgIpc) is 2.45. The van der Waals surface area contributed by atoms with Crippen molar-refractivity contribution in [2.24, 2.45) is 34.6 Å². The van der Waals surface area contributed by atoms with Gasteiger partial charge in [0, 0.05) is 70.6 Å². The quantitative estimate of drug-likeness (QED) is 0.0247. The molecule has 3 heterocycles. The highest BCUT2D eigenvalue weighted by Crippen LogP contribution is 2.23. The molecule has 0 aliphatic rings. The molecule has 3 aromatic carbocycles. The van der Waals surface area contributed by atoms with E-state index in [-0.39, 0.29) is 57.4 Å². The highest BCUT2D eigenvalue weighted by molar-refractivity contribution is 5.99. The van der Waals surface area contributed by atoms with Crippen molar-refractivity contribution in [3.05, 3.63) is 108 Å². The number of H-pyrrole nitrogens is 3. The number of unbranched alkanes of at least 4 members (excludes halogenated alkanes) is 4. The SMILES string of the molecule is CC(C)C[C@@H](NC(=O)[C@H](Cc1c[nH]c2ccccc12)NC(=O)[C@@H](CCCCN)NC(=O)[C@H](Cc1c[nH]c2ccccc12)NC(=O)[C@@H](CCCCN)NC(=O)[C@H](CCCCN)NC(=O)[C@H](N)CCCCN)C(=O)N[C@@H](Cc1c[nH]c2ccccc12)C(=O)O. The number of hydrogen-bond donors (Lipinski definition) is 16. The van der Waals surface area contributed by atoms with Gasteiger partial charge in [0.05, 0.1) is 6.04 Å². The molecule has 0 saturated heterocycles. The van der Waals surface area contributed by atoms with E-state index >= 15 is 9.59 Å². The lowest BCUT2D eigenvalue weighted by Crippen LogP contribution is -2.60. The monoisotopic (exact) mass is 1200 g/mol. The number of hydrogen-bond acceptors (Lipinski definition) is 13. The molecular formula is C63H91N15O9. The van der Waals surface area contributed by atoms with E-state index in [1.54, 1.807) is 18.6 Å². The maximum Gasteiger partial charge on any atom is 0.326 e. The van der Waals surface area contributed by atoms with Gasteiger partial charge in [-0.1, -0.05) is 74.9 Å². The van der Waals surface area contributed by atoms with Crippen molar-refractivity contribution < 1.29 is 43.5 Å². The maximum absolute atomic E-state index is 15.1. The summed E-state index contributed by atoms with van der Waals surface area (Å²) in [6.45, 7) is 5.08. The van der Waals surface area contributed by atoms with Crippen LogP contribution in [-0.2, 0) is 57.6 Å². The number of rotatable bonds is 39. The molecule has 6 aromatic rings. The Morgan fingerprint density at radius 3 is 1.03 bits per heavy atom. The van der Waals surface area contributed by atoms with Gasteiger partial charge in [0.25, 0.3) is 0 Å². The van der Waals surface area contributed by atoms with Crippen molar-refractivity contribution in [3.63, 3.8) is 0 Å². The van der Waals surface area contributed by atoms with E-state index in [0.29, 0.717) is 94.1 Å². The summed E-state index contributed by atoms with van der Waals surface area (Å²) in [6, 6.07) is 12.4. The van der Waals surface area contributed by atoms with E-state index in [0.717, 1.165) is 32.7 Å². The molecule has 8 atom stereocenters. The number of nitrogens with two attached hydrogens (primary N) is 5. The predicted octanol–water partition coefficient (Wildman–Crippen LogP) is 2.53. The fourth-order valence-electron chi connectivity index (χ4n) is 10.7. The van der Waals surface area contributed by atoms with Crippen LogP contribution in [0.15, 0.2) is 91.4 Å². The van der Waals surface area contributed by atoms with Gasteiger partial charge in [0.2, 0.25) is 41.4 Å². The third kappa shape index (κ3) is 20.5. The Morgan fingerprint density at radius 2 is 0.678 bits per heavy atom. The van der Waals surface area contributed by atoms with Crippen LogP contribution in [0.4, 0.5) is 0 Å². The van der Waals surface area contributed by atoms with Gasteiger partial charge in [0.15, 0.2) is 0 Å². The lowest BCUT2D eigenvalue weighted by Gasteiger charge is -2.28. The van der Waals surface area contributed by atoms with E-state index < -0.39 is 95.7 Å². The molecule has 7 amide bonds. The molecule has 6 rings (SSSR count). The van der Waals surface area contributed by atoms with Gasteiger partial charge in [0.1, 0.15) is 42.3 Å². The van der Waals surface area contributed by atoms with E-state index in [4.69, 9.17) is 28.7 Å². The Bertz CT molecular complexity index is 3210. The molecule has 0 aliphatic carbocycles. The number of benzene rings is 3. The summed E-state index contributed by atoms with van der Waals surface area (Å²) in [7, 11) is 0. The van der Waals surface area contributed by atoms with Gasteiger partial charge in [-0.05, 0) is 144 Å². The predicted molar refractivity (Wildman–Crippen MR) is 336 cm³/mol. The zero-order valence-electron chi connectivity index (χ0n) is 50.1. The van der Waals surface area contributed by atoms with Crippen LogP contribution in [0.1, 0.15) is 114 Å². The number of carboxylic acids is 1. The van der Waals surface area contributed by atoms with Gasteiger partial charge in [-0.25, -0.2) is 4.79 Å². The van der Waals surface area contributed by atoms with E-state index in [1.165, 1.54) is 0 Å². The normalized spacial score (nSPS) is 14.3. The van der Waals surface area contributed by atoms with Crippen molar-refractivity contribution in [2.75, 3.05) is 26.2 Å². The standard InChI is InChI=1S/C63H91N15O9/c1-38(2)31-52(60(83)78-55(63(86)87)34-41-37-71-48-23-8-5-19-44(41)48)75-62(85)54(33-40-36-70-47-22-7-4-18-43(40)47)77-59(82)51(26-12-16-30-67)74-61(84)53(32-39-35-69-46-21-6-3-17-42(39)46)76-58(81)50(25-11-15-29-66)73-57(80)49(24-10-14-28-65)72-56(79)45(68)20-9-13-27-64/h3-8,17-19,21-23,35-38,45,49-55,69-71H,9-16,20,24-34,64-68H2,1-2H3,(H,72,79)(H,73,80)(H,74,84)(H,75,85)(H,76,81)(H,77,82)(H,78,83)(H,86,87)/t45-,49+,50-,51-,52-,53+,54+,55+/m1/s1. The number of nitrogens with one attached hydrogen (secondary N) is 10. The van der Waals surface area contributed by atoms with Crippen molar-refractivity contribution >= 4 is 80.0 Å². The Balaban J connectivity index is 1.28. The molecule has 472 valence electrons. The minimum Gasteiger partial charge on any atom is -0.480 e. The second kappa shape index (κ2) is 34.8. The van der Waals surface area contributed by atoms with Crippen LogP contribution in [0.3, 0.4) is 0 Å². The number of fused-ring (bicyclic) bond motifs is 3. The zero-order chi connectivity index (χ0) is 62.8. The molecule has 0 unspecified atom stereocenters. The first kappa shape index (κ1) is 68.0. The number of amides is 7. The van der Waals surface area contributed by atoms with Crippen LogP contribution >= 0.6 is 0 Å². The van der Waals surface area contributed by atoms with Gasteiger partial charge >= 0.3 is 5.97 Å². The maximum atomic E-state index is 15.1.